The largest absolute Gasteiger partial charge is 0.437 e. The molecule has 0 amide bonds. The second-order valence-electron chi connectivity index (χ2n) is 6.37. The number of rotatable bonds is 7. The predicted octanol–water partition coefficient (Wildman–Crippen LogP) is 3.11. The van der Waals surface area contributed by atoms with Crippen LogP contribution in [0.2, 0.25) is 51.9 Å². The maximum Gasteiger partial charge on any atom is 0.311 e. The van der Waals surface area contributed by atoms with Gasteiger partial charge < -0.3 is 14.0 Å². The van der Waals surface area contributed by atoms with Crippen LogP contribution in [0.4, 0.5) is 0 Å². The maximum absolute atomic E-state index is 6.34. The molecule has 0 aromatic carbocycles. The van der Waals surface area contributed by atoms with Crippen molar-refractivity contribution in [2.45, 2.75) is 58.3 Å². The van der Waals surface area contributed by atoms with E-state index >= 15 is 0 Å². The SMILES string of the molecule is C[Si](C)(C)O[Si](C)(C)O[Si](C)(C)CCCN. The van der Waals surface area contributed by atoms with Gasteiger partial charge in [-0.3, -0.25) is 0 Å². The van der Waals surface area contributed by atoms with Gasteiger partial charge >= 0.3 is 8.56 Å². The van der Waals surface area contributed by atoms with Crippen LogP contribution in [0.25, 0.3) is 0 Å². The molecular formula is C10H29NO2Si3. The van der Waals surface area contributed by atoms with E-state index < -0.39 is 25.2 Å². The van der Waals surface area contributed by atoms with Crippen molar-refractivity contribution in [1.29, 1.82) is 0 Å². The molecule has 16 heavy (non-hydrogen) atoms. The molecule has 3 nitrogen and oxygen atoms in total. The molecule has 0 aromatic heterocycles. The van der Waals surface area contributed by atoms with Crippen molar-refractivity contribution < 1.29 is 8.23 Å². The lowest BCUT2D eigenvalue weighted by Crippen LogP contribution is -2.51. The molecule has 0 fully saturated rings. The van der Waals surface area contributed by atoms with Crippen molar-refractivity contribution in [3.8, 4) is 0 Å². The predicted molar refractivity (Wildman–Crippen MR) is 79.0 cm³/mol. The highest BCUT2D eigenvalue weighted by molar-refractivity contribution is 6.87. The smallest absolute Gasteiger partial charge is 0.311 e. The Labute approximate surface area is 104 Å². The van der Waals surface area contributed by atoms with Crippen molar-refractivity contribution in [2.75, 3.05) is 6.54 Å². The number of hydrogen-bond acceptors (Lipinski definition) is 3. The van der Waals surface area contributed by atoms with Crippen molar-refractivity contribution in [2.24, 2.45) is 5.73 Å². The minimum Gasteiger partial charge on any atom is -0.437 e. The van der Waals surface area contributed by atoms with E-state index in [9.17, 15) is 0 Å². The maximum atomic E-state index is 6.34. The van der Waals surface area contributed by atoms with Crippen LogP contribution in [-0.4, -0.2) is 31.7 Å². The average Bonchev–Trinajstić information content (AvgIpc) is 1.93. The van der Waals surface area contributed by atoms with Crippen LogP contribution in [0.1, 0.15) is 6.42 Å². The van der Waals surface area contributed by atoms with E-state index in [1.165, 1.54) is 0 Å². The fourth-order valence-electron chi connectivity index (χ4n) is 2.00. The summed E-state index contributed by atoms with van der Waals surface area (Å²) >= 11 is 0. The second kappa shape index (κ2) is 5.92. The van der Waals surface area contributed by atoms with Gasteiger partial charge in [-0.25, -0.2) is 0 Å². The van der Waals surface area contributed by atoms with Gasteiger partial charge in [0.05, 0.1) is 0 Å². The van der Waals surface area contributed by atoms with Gasteiger partial charge in [0.1, 0.15) is 0 Å². The lowest BCUT2D eigenvalue weighted by atomic mass is 10.5. The molecular weight excluding hydrogens is 250 g/mol. The molecule has 0 heterocycles. The molecule has 0 spiro atoms. The molecule has 0 radical (unpaired) electrons. The molecule has 2 N–H and O–H groups in total. The zero-order valence-electron chi connectivity index (χ0n) is 12.0. The normalized spacial score (nSPS) is 14.2. The highest BCUT2D eigenvalue weighted by Crippen LogP contribution is 2.23. The monoisotopic (exact) mass is 279 g/mol. The highest BCUT2D eigenvalue weighted by atomic mass is 28.5. The Kier molecular flexibility index (Phi) is 6.12. The first-order valence-electron chi connectivity index (χ1n) is 6.08. The summed E-state index contributed by atoms with van der Waals surface area (Å²) in [5.41, 5.74) is 5.55. The van der Waals surface area contributed by atoms with Crippen LogP contribution >= 0.6 is 0 Å². The molecule has 6 heteroatoms. The fourth-order valence-corrected chi connectivity index (χ4v) is 15.2. The molecule has 0 aliphatic carbocycles. The van der Waals surface area contributed by atoms with E-state index in [0.29, 0.717) is 0 Å². The molecule has 0 saturated carbocycles. The van der Waals surface area contributed by atoms with Crippen LogP contribution in [0.15, 0.2) is 0 Å². The molecule has 0 aliphatic heterocycles. The quantitative estimate of drug-likeness (QED) is 0.728. The second-order valence-corrected chi connectivity index (χ2v) is 19.0. The van der Waals surface area contributed by atoms with Gasteiger partial charge in [0.2, 0.25) is 0 Å². The lowest BCUT2D eigenvalue weighted by Gasteiger charge is -2.37. The molecule has 0 atom stereocenters. The molecule has 0 rings (SSSR count). The third-order valence-electron chi connectivity index (χ3n) is 2.06. The van der Waals surface area contributed by atoms with Crippen LogP contribution in [0.3, 0.4) is 0 Å². The first kappa shape index (κ1) is 16.5. The Morgan fingerprint density at radius 3 is 1.75 bits per heavy atom. The van der Waals surface area contributed by atoms with Gasteiger partial charge in [0.15, 0.2) is 16.6 Å². The summed E-state index contributed by atoms with van der Waals surface area (Å²) in [5.74, 6) is 0. The van der Waals surface area contributed by atoms with E-state index in [4.69, 9.17) is 14.0 Å². The van der Waals surface area contributed by atoms with Crippen LogP contribution in [-0.2, 0) is 8.23 Å². The zero-order chi connectivity index (χ0) is 13.0. The van der Waals surface area contributed by atoms with Crippen molar-refractivity contribution in [3.05, 3.63) is 0 Å². The van der Waals surface area contributed by atoms with E-state index in [1.807, 2.05) is 0 Å². The van der Waals surface area contributed by atoms with Gasteiger partial charge in [-0.15, -0.1) is 0 Å². The Bertz CT molecular complexity index is 215. The van der Waals surface area contributed by atoms with Gasteiger partial charge in [-0.1, -0.05) is 0 Å². The first-order valence-corrected chi connectivity index (χ1v) is 15.4. The Morgan fingerprint density at radius 1 is 0.875 bits per heavy atom. The summed E-state index contributed by atoms with van der Waals surface area (Å²) in [6, 6.07) is 1.13. The molecule has 98 valence electrons. The summed E-state index contributed by atoms with van der Waals surface area (Å²) in [5, 5.41) is 0. The van der Waals surface area contributed by atoms with Gasteiger partial charge in [-0.2, -0.15) is 0 Å². The minimum atomic E-state index is -1.94. The number of hydrogen-bond donors (Lipinski definition) is 1. The standard InChI is InChI=1S/C10H29NO2Si3/c1-14(2,3)12-16(6,7)13-15(4,5)10-8-9-11/h8-11H2,1-7H3. The molecule has 0 saturated heterocycles. The molecule has 0 aliphatic rings. The lowest BCUT2D eigenvalue weighted by molar-refractivity contribution is 0.391. The van der Waals surface area contributed by atoms with Crippen molar-refractivity contribution >= 4 is 25.2 Å². The van der Waals surface area contributed by atoms with E-state index in [1.54, 1.807) is 0 Å². The van der Waals surface area contributed by atoms with Crippen LogP contribution < -0.4 is 5.73 Å². The van der Waals surface area contributed by atoms with E-state index in [0.717, 1.165) is 19.0 Å². The summed E-state index contributed by atoms with van der Waals surface area (Å²) in [7, 11) is -5.01. The topological polar surface area (TPSA) is 44.5 Å². The third kappa shape index (κ3) is 8.66. The zero-order valence-corrected chi connectivity index (χ0v) is 15.0. The molecule has 0 unspecified atom stereocenters. The minimum absolute atomic E-state index is 0.761. The average molecular weight is 280 g/mol. The summed E-state index contributed by atoms with van der Waals surface area (Å²) in [6.07, 6.45) is 1.07. The van der Waals surface area contributed by atoms with Crippen molar-refractivity contribution in [1.82, 2.24) is 0 Å². The fraction of sp³-hybridized carbons (Fsp3) is 1.00. The van der Waals surface area contributed by atoms with Crippen LogP contribution in [0.5, 0.6) is 0 Å². The molecule has 0 aromatic rings. The van der Waals surface area contributed by atoms with E-state index in [-0.39, 0.29) is 0 Å². The van der Waals surface area contributed by atoms with Crippen molar-refractivity contribution in [3.63, 3.8) is 0 Å². The van der Waals surface area contributed by atoms with E-state index in [2.05, 4.69) is 45.8 Å². The Balaban J connectivity index is 4.33. The summed E-state index contributed by atoms with van der Waals surface area (Å²) < 4.78 is 12.5. The summed E-state index contributed by atoms with van der Waals surface area (Å²) in [6.45, 7) is 16.3. The summed E-state index contributed by atoms with van der Waals surface area (Å²) in [4.78, 5) is 0. The highest BCUT2D eigenvalue weighted by Gasteiger charge is 2.37. The molecule has 0 bridgehead atoms. The van der Waals surface area contributed by atoms with Crippen LogP contribution in [0, 0.1) is 0 Å². The Hall–Kier alpha value is 0.531. The third-order valence-corrected chi connectivity index (χ3v) is 12.2. The number of nitrogens with two attached hydrogens (primary N) is 1. The Morgan fingerprint density at radius 2 is 1.38 bits per heavy atom. The van der Waals surface area contributed by atoms with Gasteiger partial charge in [0, 0.05) is 0 Å². The first-order chi connectivity index (χ1) is 6.97. The van der Waals surface area contributed by atoms with Gasteiger partial charge in [-0.05, 0) is 64.8 Å². The van der Waals surface area contributed by atoms with Gasteiger partial charge in [0.25, 0.3) is 0 Å².